The lowest BCUT2D eigenvalue weighted by molar-refractivity contribution is -0.183. The van der Waals surface area contributed by atoms with Crippen molar-refractivity contribution in [3.63, 3.8) is 0 Å². The lowest BCUT2D eigenvalue weighted by Gasteiger charge is -2.39. The van der Waals surface area contributed by atoms with Crippen LogP contribution in [0.25, 0.3) is 0 Å². The van der Waals surface area contributed by atoms with E-state index in [1.54, 1.807) is 0 Å². The zero-order chi connectivity index (χ0) is 11.7. The van der Waals surface area contributed by atoms with Crippen molar-refractivity contribution in [1.82, 2.24) is 4.90 Å². The molecule has 0 amide bonds. The second-order valence-electron chi connectivity index (χ2n) is 5.72. The lowest BCUT2D eigenvalue weighted by Crippen LogP contribution is -2.43. The number of nitrogens with two attached hydrogens (primary N) is 1. The minimum absolute atomic E-state index is 0.205. The highest BCUT2D eigenvalue weighted by Crippen LogP contribution is 2.38. The largest absolute Gasteiger partial charge is 0.348 e. The van der Waals surface area contributed by atoms with E-state index < -0.39 is 0 Å². The van der Waals surface area contributed by atoms with Crippen molar-refractivity contribution in [2.75, 3.05) is 32.8 Å². The van der Waals surface area contributed by atoms with Gasteiger partial charge >= 0.3 is 0 Å². The van der Waals surface area contributed by atoms with Gasteiger partial charge in [0.25, 0.3) is 0 Å². The molecule has 2 saturated heterocycles. The molecule has 3 rings (SSSR count). The molecule has 2 N–H and O–H groups in total. The molecule has 4 nitrogen and oxygen atoms in total. The molecule has 0 bridgehead atoms. The van der Waals surface area contributed by atoms with E-state index in [4.69, 9.17) is 15.2 Å². The van der Waals surface area contributed by atoms with Gasteiger partial charge in [0.15, 0.2) is 5.79 Å². The van der Waals surface area contributed by atoms with E-state index in [1.165, 1.54) is 32.4 Å². The Kier molecular flexibility index (Phi) is 3.39. The molecule has 4 heteroatoms. The third-order valence-corrected chi connectivity index (χ3v) is 4.70. The van der Waals surface area contributed by atoms with Gasteiger partial charge in [0, 0.05) is 25.4 Å². The molecule has 3 aliphatic rings. The van der Waals surface area contributed by atoms with Crippen LogP contribution in [0.3, 0.4) is 0 Å². The maximum absolute atomic E-state index is 5.77. The molecule has 1 aliphatic carbocycles. The molecule has 3 fully saturated rings. The number of likely N-dealkylation sites (tertiary alicyclic amines) is 1. The predicted octanol–water partition coefficient (Wildman–Crippen LogP) is 0.953. The Labute approximate surface area is 103 Å². The molecule has 2 heterocycles. The highest BCUT2D eigenvalue weighted by Gasteiger charge is 2.42. The van der Waals surface area contributed by atoms with Crippen LogP contribution in [0.1, 0.15) is 32.1 Å². The van der Waals surface area contributed by atoms with Crippen LogP contribution in [0, 0.1) is 5.92 Å². The number of hydrogen-bond donors (Lipinski definition) is 1. The molecule has 1 atom stereocenters. The third kappa shape index (κ3) is 2.36. The molecule has 17 heavy (non-hydrogen) atoms. The SMILES string of the molecule is NCC1CCN(C2CCC3(CC2)OCCO3)C1. The molecule has 1 spiro atoms. The molecule has 0 aromatic carbocycles. The van der Waals surface area contributed by atoms with Crippen molar-refractivity contribution in [3.8, 4) is 0 Å². The fraction of sp³-hybridized carbons (Fsp3) is 1.00. The van der Waals surface area contributed by atoms with Crippen molar-refractivity contribution in [1.29, 1.82) is 0 Å². The summed E-state index contributed by atoms with van der Waals surface area (Å²) in [5.74, 6) is 0.522. The van der Waals surface area contributed by atoms with Crippen LogP contribution < -0.4 is 5.73 Å². The standard InChI is InChI=1S/C13H24N2O2/c14-9-11-3-6-15(10-11)12-1-4-13(5-2-12)16-7-8-17-13/h11-12H,1-10,14H2. The quantitative estimate of drug-likeness (QED) is 0.781. The van der Waals surface area contributed by atoms with Crippen molar-refractivity contribution in [3.05, 3.63) is 0 Å². The lowest BCUT2D eigenvalue weighted by atomic mass is 9.89. The maximum Gasteiger partial charge on any atom is 0.168 e. The average molecular weight is 240 g/mol. The normalized spacial score (nSPS) is 34.8. The predicted molar refractivity (Wildman–Crippen MR) is 65.6 cm³/mol. The minimum atomic E-state index is -0.205. The first-order valence-electron chi connectivity index (χ1n) is 7.03. The summed E-state index contributed by atoms with van der Waals surface area (Å²) in [6.07, 6.45) is 5.86. The van der Waals surface area contributed by atoms with Gasteiger partial charge in [-0.05, 0) is 38.3 Å². The molecule has 98 valence electrons. The summed E-state index contributed by atoms with van der Waals surface area (Å²) >= 11 is 0. The van der Waals surface area contributed by atoms with Crippen LogP contribution in [0.5, 0.6) is 0 Å². The number of rotatable bonds is 2. The maximum atomic E-state index is 5.77. The van der Waals surface area contributed by atoms with Crippen LogP contribution in [-0.2, 0) is 9.47 Å². The summed E-state index contributed by atoms with van der Waals surface area (Å²) in [4.78, 5) is 2.64. The van der Waals surface area contributed by atoms with Gasteiger partial charge in [-0.15, -0.1) is 0 Å². The van der Waals surface area contributed by atoms with E-state index in [2.05, 4.69) is 4.90 Å². The van der Waals surface area contributed by atoms with E-state index >= 15 is 0 Å². The Bertz CT molecular complexity index is 256. The number of hydrogen-bond acceptors (Lipinski definition) is 4. The molecule has 0 aromatic rings. The molecule has 2 aliphatic heterocycles. The molecule has 1 unspecified atom stereocenters. The monoisotopic (exact) mass is 240 g/mol. The Hall–Kier alpha value is -0.160. The van der Waals surface area contributed by atoms with E-state index in [9.17, 15) is 0 Å². The molecule has 0 radical (unpaired) electrons. The second kappa shape index (κ2) is 4.84. The summed E-state index contributed by atoms with van der Waals surface area (Å²) in [5, 5.41) is 0. The molecular weight excluding hydrogens is 216 g/mol. The van der Waals surface area contributed by atoms with Gasteiger partial charge in [-0.2, -0.15) is 0 Å². The zero-order valence-corrected chi connectivity index (χ0v) is 10.6. The first kappa shape index (κ1) is 11.9. The van der Waals surface area contributed by atoms with E-state index in [0.29, 0.717) is 0 Å². The van der Waals surface area contributed by atoms with E-state index in [-0.39, 0.29) is 5.79 Å². The van der Waals surface area contributed by atoms with Crippen molar-refractivity contribution >= 4 is 0 Å². The third-order valence-electron chi connectivity index (χ3n) is 4.70. The Morgan fingerprint density at radius 1 is 1.12 bits per heavy atom. The summed E-state index contributed by atoms with van der Waals surface area (Å²) < 4.78 is 11.5. The van der Waals surface area contributed by atoms with Gasteiger partial charge in [-0.25, -0.2) is 0 Å². The first-order chi connectivity index (χ1) is 8.31. The Morgan fingerprint density at radius 3 is 2.41 bits per heavy atom. The summed E-state index contributed by atoms with van der Waals surface area (Å²) in [7, 11) is 0. The van der Waals surface area contributed by atoms with E-state index in [1.807, 2.05) is 0 Å². The molecule has 0 aromatic heterocycles. The van der Waals surface area contributed by atoms with Crippen molar-refractivity contribution < 1.29 is 9.47 Å². The van der Waals surface area contributed by atoms with Gasteiger partial charge in [0.2, 0.25) is 0 Å². The van der Waals surface area contributed by atoms with Crippen LogP contribution >= 0.6 is 0 Å². The summed E-state index contributed by atoms with van der Waals surface area (Å²) in [5.41, 5.74) is 5.75. The Balaban J connectivity index is 1.51. The molecular formula is C13H24N2O2. The zero-order valence-electron chi connectivity index (χ0n) is 10.6. The summed E-state index contributed by atoms with van der Waals surface area (Å²) in [6, 6.07) is 0.741. The van der Waals surface area contributed by atoms with Crippen LogP contribution in [0.2, 0.25) is 0 Å². The van der Waals surface area contributed by atoms with Gasteiger partial charge in [0.1, 0.15) is 0 Å². The first-order valence-corrected chi connectivity index (χ1v) is 7.03. The topological polar surface area (TPSA) is 47.7 Å². The van der Waals surface area contributed by atoms with E-state index in [0.717, 1.165) is 44.6 Å². The van der Waals surface area contributed by atoms with Crippen molar-refractivity contribution in [2.24, 2.45) is 11.7 Å². The average Bonchev–Trinajstić information content (AvgIpc) is 3.00. The summed E-state index contributed by atoms with van der Waals surface area (Å²) in [6.45, 7) is 4.85. The fourth-order valence-electron chi connectivity index (χ4n) is 3.58. The van der Waals surface area contributed by atoms with Crippen LogP contribution in [0.4, 0.5) is 0 Å². The fourth-order valence-corrected chi connectivity index (χ4v) is 3.58. The van der Waals surface area contributed by atoms with Crippen molar-refractivity contribution in [2.45, 2.75) is 43.9 Å². The Morgan fingerprint density at radius 2 is 1.82 bits per heavy atom. The van der Waals surface area contributed by atoms with Gasteiger partial charge < -0.3 is 20.1 Å². The molecule has 1 saturated carbocycles. The van der Waals surface area contributed by atoms with Crippen LogP contribution in [0.15, 0.2) is 0 Å². The van der Waals surface area contributed by atoms with Gasteiger partial charge in [-0.1, -0.05) is 0 Å². The number of ether oxygens (including phenoxy) is 2. The smallest absolute Gasteiger partial charge is 0.168 e. The van der Waals surface area contributed by atoms with Gasteiger partial charge in [-0.3, -0.25) is 0 Å². The van der Waals surface area contributed by atoms with Gasteiger partial charge in [0.05, 0.1) is 13.2 Å². The number of nitrogens with zero attached hydrogens (tertiary/aromatic N) is 1. The van der Waals surface area contributed by atoms with Crippen LogP contribution in [-0.4, -0.2) is 49.6 Å². The highest BCUT2D eigenvalue weighted by atomic mass is 16.7. The highest BCUT2D eigenvalue weighted by molar-refractivity contribution is 4.89. The second-order valence-corrected chi connectivity index (χ2v) is 5.72. The minimum Gasteiger partial charge on any atom is -0.348 e.